The van der Waals surface area contributed by atoms with Crippen LogP contribution >= 0.6 is 0 Å². The number of carboxylic acid groups (broad SMARTS) is 2. The summed E-state index contributed by atoms with van der Waals surface area (Å²) in [7, 11) is 0. The number of primary amides is 1. The van der Waals surface area contributed by atoms with Gasteiger partial charge in [-0.2, -0.15) is 0 Å². The molecule has 0 bridgehead atoms. The molecule has 7 nitrogen and oxygen atoms in total. The van der Waals surface area contributed by atoms with Crippen LogP contribution in [-0.2, 0) is 14.4 Å². The Bertz CT molecular complexity index is 207. The van der Waals surface area contributed by atoms with Crippen LogP contribution in [0.1, 0.15) is 0 Å². The van der Waals surface area contributed by atoms with Crippen LogP contribution in [0.4, 0.5) is 0 Å². The molecule has 0 radical (unpaired) electrons. The van der Waals surface area contributed by atoms with Crippen molar-refractivity contribution in [2.45, 2.75) is 0 Å². The third-order valence-corrected chi connectivity index (χ3v) is 0.565. The van der Waals surface area contributed by atoms with Crippen molar-refractivity contribution in [2.24, 2.45) is 11.5 Å². The van der Waals surface area contributed by atoms with Crippen molar-refractivity contribution in [2.75, 3.05) is 6.54 Å². The molecule has 0 aliphatic carbocycles. The minimum atomic E-state index is -1.18. The van der Waals surface area contributed by atoms with E-state index in [4.69, 9.17) is 10.2 Å². The molecule has 0 saturated heterocycles. The summed E-state index contributed by atoms with van der Waals surface area (Å²) in [6.07, 6.45) is 1.46. The first-order valence-corrected chi connectivity index (χ1v) is 3.02. The molecule has 1 amide bonds. The second kappa shape index (κ2) is 8.21. The van der Waals surface area contributed by atoms with E-state index >= 15 is 0 Å². The molecule has 0 fully saturated rings. The number of amides is 1. The molecule has 74 valence electrons. The molecule has 0 aromatic rings. The average molecular weight is 190 g/mol. The van der Waals surface area contributed by atoms with Gasteiger partial charge in [-0.25, -0.2) is 4.79 Å². The first-order valence-electron chi connectivity index (χ1n) is 3.02. The number of nitrogens with two attached hydrogens (primary N) is 2. The normalized spacial score (nSPS) is 8.69. The lowest BCUT2D eigenvalue weighted by Gasteiger charge is -1.75. The fraction of sp³-hybridized carbons (Fsp3) is 0.167. The van der Waals surface area contributed by atoms with Gasteiger partial charge in [0.05, 0.1) is 6.54 Å². The fourth-order valence-electron chi connectivity index (χ4n) is 0.153. The van der Waals surface area contributed by atoms with Gasteiger partial charge in [0.2, 0.25) is 5.91 Å². The molecule has 6 N–H and O–H groups in total. The molecule has 0 aromatic carbocycles. The summed E-state index contributed by atoms with van der Waals surface area (Å²) in [5, 5.41) is 15.5. The van der Waals surface area contributed by atoms with Crippen molar-refractivity contribution < 1.29 is 24.6 Å². The molecule has 0 aliphatic heterocycles. The molecule has 0 aromatic heterocycles. The van der Waals surface area contributed by atoms with Gasteiger partial charge < -0.3 is 21.7 Å². The van der Waals surface area contributed by atoms with Gasteiger partial charge in [0.25, 0.3) is 0 Å². The molecule has 0 rings (SSSR count). The minimum absolute atomic E-state index is 0.278. The number of hydrogen-bond donors (Lipinski definition) is 4. The number of aliphatic carboxylic acids is 2. The van der Waals surface area contributed by atoms with Gasteiger partial charge in [-0.15, -0.1) is 0 Å². The van der Waals surface area contributed by atoms with Crippen molar-refractivity contribution in [1.29, 1.82) is 0 Å². The molecule has 0 atom stereocenters. The van der Waals surface area contributed by atoms with Crippen molar-refractivity contribution in [3.63, 3.8) is 0 Å². The maximum Gasteiger partial charge on any atom is 0.328 e. The van der Waals surface area contributed by atoms with Gasteiger partial charge in [-0.3, -0.25) is 9.59 Å². The van der Waals surface area contributed by atoms with Gasteiger partial charge in [-0.1, -0.05) is 0 Å². The largest absolute Gasteiger partial charge is 0.480 e. The van der Waals surface area contributed by atoms with E-state index in [0.717, 1.165) is 6.08 Å². The highest BCUT2D eigenvalue weighted by atomic mass is 16.4. The lowest BCUT2D eigenvalue weighted by Crippen LogP contribution is -2.10. The Morgan fingerprint density at radius 2 is 1.54 bits per heavy atom. The van der Waals surface area contributed by atoms with E-state index in [1.54, 1.807) is 0 Å². The maximum atomic E-state index is 9.78. The molecular formula is C6H10N2O5. The molecule has 7 heteroatoms. The van der Waals surface area contributed by atoms with Crippen LogP contribution in [0.25, 0.3) is 0 Å². The zero-order valence-electron chi connectivity index (χ0n) is 6.64. The minimum Gasteiger partial charge on any atom is -0.480 e. The summed E-state index contributed by atoms with van der Waals surface area (Å²) in [6, 6.07) is 0. The number of rotatable bonds is 3. The monoisotopic (exact) mass is 190 g/mol. The standard InChI is InChI=1S/C4H5NO3.C2H5NO2/c5-3(6)1-2-4(7)8;3-1-2(4)5/h1-2H,(H2,5,6)(H,7,8);1,3H2,(H,4,5)/b2-1-;. The molecule has 0 saturated carbocycles. The molecule has 13 heavy (non-hydrogen) atoms. The van der Waals surface area contributed by atoms with Crippen molar-refractivity contribution in [3.8, 4) is 0 Å². The summed E-state index contributed by atoms with van der Waals surface area (Å²) in [5.41, 5.74) is 9.12. The average Bonchev–Trinajstić information content (AvgIpc) is 2.02. The number of carboxylic acids is 2. The van der Waals surface area contributed by atoms with E-state index < -0.39 is 17.8 Å². The summed E-state index contributed by atoms with van der Waals surface area (Å²) in [4.78, 5) is 28.6. The Morgan fingerprint density at radius 1 is 1.15 bits per heavy atom. The van der Waals surface area contributed by atoms with Crippen molar-refractivity contribution in [1.82, 2.24) is 0 Å². The van der Waals surface area contributed by atoms with E-state index in [-0.39, 0.29) is 6.54 Å². The van der Waals surface area contributed by atoms with Gasteiger partial charge in [0.1, 0.15) is 0 Å². The Balaban J connectivity index is 0. The zero-order valence-corrected chi connectivity index (χ0v) is 6.64. The highest BCUT2D eigenvalue weighted by molar-refractivity contribution is 5.92. The smallest absolute Gasteiger partial charge is 0.328 e. The topological polar surface area (TPSA) is 144 Å². The van der Waals surface area contributed by atoms with Crippen LogP contribution in [-0.4, -0.2) is 34.6 Å². The summed E-state index contributed by atoms with van der Waals surface area (Å²) in [6.45, 7) is -0.278. The SMILES string of the molecule is NC(=O)/C=C\C(=O)O.NCC(=O)O. The Kier molecular flexibility index (Phi) is 8.64. The predicted molar refractivity (Wildman–Crippen MR) is 42.7 cm³/mol. The van der Waals surface area contributed by atoms with Crippen LogP contribution in [0.5, 0.6) is 0 Å². The predicted octanol–water partition coefficient (Wildman–Crippen LogP) is -1.86. The number of carbonyl (C=O) groups is 3. The van der Waals surface area contributed by atoms with Crippen molar-refractivity contribution >= 4 is 17.8 Å². The Labute approximate surface area is 73.6 Å². The Morgan fingerprint density at radius 3 is 1.62 bits per heavy atom. The van der Waals surface area contributed by atoms with Crippen LogP contribution in [0.3, 0.4) is 0 Å². The van der Waals surface area contributed by atoms with E-state index in [9.17, 15) is 14.4 Å². The molecule has 0 unspecified atom stereocenters. The highest BCUT2D eigenvalue weighted by Crippen LogP contribution is 1.68. The van der Waals surface area contributed by atoms with Crippen molar-refractivity contribution in [3.05, 3.63) is 12.2 Å². The molecule has 0 heterocycles. The van der Waals surface area contributed by atoms with Gasteiger partial charge >= 0.3 is 11.9 Å². The van der Waals surface area contributed by atoms with E-state index in [2.05, 4.69) is 11.5 Å². The number of hydrogen-bond acceptors (Lipinski definition) is 4. The van der Waals surface area contributed by atoms with Gasteiger partial charge in [0.15, 0.2) is 0 Å². The molecule has 0 spiro atoms. The van der Waals surface area contributed by atoms with Crippen LogP contribution in [0.15, 0.2) is 12.2 Å². The second-order valence-corrected chi connectivity index (χ2v) is 1.67. The quantitative estimate of drug-likeness (QED) is 0.384. The zero-order chi connectivity index (χ0) is 10.9. The first-order chi connectivity index (χ1) is 5.90. The van der Waals surface area contributed by atoms with Gasteiger partial charge in [0, 0.05) is 12.2 Å². The van der Waals surface area contributed by atoms with Crippen LogP contribution < -0.4 is 11.5 Å². The molecular weight excluding hydrogens is 180 g/mol. The van der Waals surface area contributed by atoms with E-state index in [1.807, 2.05) is 0 Å². The van der Waals surface area contributed by atoms with E-state index in [1.165, 1.54) is 0 Å². The lowest BCUT2D eigenvalue weighted by atomic mass is 10.5. The summed E-state index contributed by atoms with van der Waals surface area (Å²) < 4.78 is 0. The first kappa shape index (κ1) is 13.7. The number of carbonyl (C=O) groups excluding carboxylic acids is 1. The van der Waals surface area contributed by atoms with Crippen LogP contribution in [0.2, 0.25) is 0 Å². The maximum absolute atomic E-state index is 9.78. The third kappa shape index (κ3) is 25.5. The Hall–Kier alpha value is -1.89. The third-order valence-electron chi connectivity index (χ3n) is 0.565. The van der Waals surface area contributed by atoms with E-state index in [0.29, 0.717) is 6.08 Å². The fourth-order valence-corrected chi connectivity index (χ4v) is 0.153. The summed E-state index contributed by atoms with van der Waals surface area (Å²) in [5.74, 6) is -2.90. The van der Waals surface area contributed by atoms with Crippen LogP contribution in [0, 0.1) is 0 Å². The lowest BCUT2D eigenvalue weighted by molar-refractivity contribution is -0.135. The highest BCUT2D eigenvalue weighted by Gasteiger charge is 1.86. The molecule has 0 aliphatic rings. The second-order valence-electron chi connectivity index (χ2n) is 1.67. The van der Waals surface area contributed by atoms with Gasteiger partial charge in [-0.05, 0) is 0 Å². The summed E-state index contributed by atoms with van der Waals surface area (Å²) >= 11 is 0.